The van der Waals surface area contributed by atoms with Gasteiger partial charge >= 0.3 is 5.97 Å². The Bertz CT molecular complexity index is 1150. The van der Waals surface area contributed by atoms with Crippen molar-refractivity contribution in [3.63, 3.8) is 0 Å². The largest absolute Gasteiger partial charge is 0.456 e. The molecule has 7 nitrogen and oxygen atoms in total. The lowest BCUT2D eigenvalue weighted by Gasteiger charge is -2.17. The molecule has 0 aliphatic carbocycles. The van der Waals surface area contributed by atoms with Crippen molar-refractivity contribution in [3.05, 3.63) is 62.5 Å². The standard InChI is InChI=1S/C23H27N3O4S/c1-5-17-6-8-18(9-7-17)12-25(4)19(27)13-30-20(28)10-11-26-14-24-22-21(23(26)29)15(2)16(3)31-22/h6-9,14H,5,10-13H2,1-4H3. The molecule has 0 saturated heterocycles. The van der Waals surface area contributed by atoms with Crippen molar-refractivity contribution in [1.82, 2.24) is 14.5 Å². The average molecular weight is 442 g/mol. The summed E-state index contributed by atoms with van der Waals surface area (Å²) in [7, 11) is 1.68. The van der Waals surface area contributed by atoms with E-state index >= 15 is 0 Å². The van der Waals surface area contributed by atoms with Crippen LogP contribution in [0.4, 0.5) is 0 Å². The lowest BCUT2D eigenvalue weighted by Crippen LogP contribution is -2.31. The number of carbonyl (C=O) groups is 2. The van der Waals surface area contributed by atoms with Crippen LogP contribution in [-0.2, 0) is 33.8 Å². The number of carbonyl (C=O) groups excluding carboxylic acids is 2. The number of likely N-dealkylation sites (N-methyl/N-ethyl adjacent to an activating group) is 1. The van der Waals surface area contributed by atoms with Crippen LogP contribution in [0.3, 0.4) is 0 Å². The summed E-state index contributed by atoms with van der Waals surface area (Å²) in [5, 5.41) is 0.599. The smallest absolute Gasteiger partial charge is 0.308 e. The predicted molar refractivity (Wildman–Crippen MR) is 121 cm³/mol. The molecule has 0 radical (unpaired) electrons. The number of hydrogen-bond donors (Lipinski definition) is 0. The van der Waals surface area contributed by atoms with Crippen molar-refractivity contribution < 1.29 is 14.3 Å². The third-order valence-corrected chi connectivity index (χ3v) is 6.46. The molecular formula is C23H27N3O4S. The number of amides is 1. The molecule has 0 N–H and O–H groups in total. The SMILES string of the molecule is CCc1ccc(CN(C)C(=O)COC(=O)CCn2cnc3sc(C)c(C)c3c2=O)cc1. The number of benzene rings is 1. The van der Waals surface area contributed by atoms with Gasteiger partial charge in [0, 0.05) is 25.0 Å². The van der Waals surface area contributed by atoms with Crippen LogP contribution in [-0.4, -0.2) is 40.0 Å². The molecule has 0 atom stereocenters. The van der Waals surface area contributed by atoms with Crippen molar-refractivity contribution in [2.45, 2.75) is 46.7 Å². The van der Waals surface area contributed by atoms with E-state index in [0.717, 1.165) is 22.4 Å². The van der Waals surface area contributed by atoms with Crippen LogP contribution in [0.1, 0.15) is 34.9 Å². The van der Waals surface area contributed by atoms with Crippen LogP contribution in [0.5, 0.6) is 0 Å². The minimum Gasteiger partial charge on any atom is -0.456 e. The summed E-state index contributed by atoms with van der Waals surface area (Å²) in [6.07, 6.45) is 2.41. The highest BCUT2D eigenvalue weighted by atomic mass is 32.1. The van der Waals surface area contributed by atoms with Gasteiger partial charge in [-0.2, -0.15) is 0 Å². The summed E-state index contributed by atoms with van der Waals surface area (Å²) < 4.78 is 6.53. The number of aryl methyl sites for hydroxylation is 4. The van der Waals surface area contributed by atoms with Crippen LogP contribution in [0, 0.1) is 13.8 Å². The summed E-state index contributed by atoms with van der Waals surface area (Å²) in [6, 6.07) is 8.07. The average Bonchev–Trinajstić information content (AvgIpc) is 3.06. The number of esters is 1. The van der Waals surface area contributed by atoms with E-state index in [-0.39, 0.29) is 31.0 Å². The molecule has 1 aromatic carbocycles. The lowest BCUT2D eigenvalue weighted by molar-refractivity contribution is -0.151. The molecule has 0 unspecified atom stereocenters. The quantitative estimate of drug-likeness (QED) is 0.501. The van der Waals surface area contributed by atoms with E-state index in [4.69, 9.17) is 4.74 Å². The molecule has 0 spiro atoms. The van der Waals surface area contributed by atoms with Gasteiger partial charge in [0.05, 0.1) is 18.1 Å². The number of hydrogen-bond acceptors (Lipinski definition) is 6. The van der Waals surface area contributed by atoms with Crippen molar-refractivity contribution in [1.29, 1.82) is 0 Å². The van der Waals surface area contributed by atoms with E-state index in [0.29, 0.717) is 16.8 Å². The summed E-state index contributed by atoms with van der Waals surface area (Å²) >= 11 is 1.48. The molecule has 0 bridgehead atoms. The first-order valence-electron chi connectivity index (χ1n) is 10.2. The molecule has 3 rings (SSSR count). The van der Waals surface area contributed by atoms with Gasteiger partial charge < -0.3 is 9.64 Å². The Hall–Kier alpha value is -3.00. The Morgan fingerprint density at radius 2 is 1.84 bits per heavy atom. The zero-order valence-corrected chi connectivity index (χ0v) is 19.1. The highest BCUT2D eigenvalue weighted by Crippen LogP contribution is 2.25. The maximum Gasteiger partial charge on any atom is 0.308 e. The van der Waals surface area contributed by atoms with E-state index in [9.17, 15) is 14.4 Å². The molecule has 164 valence electrons. The van der Waals surface area contributed by atoms with Gasteiger partial charge in [0.1, 0.15) is 4.83 Å². The maximum atomic E-state index is 12.7. The van der Waals surface area contributed by atoms with Crippen LogP contribution >= 0.6 is 11.3 Å². The van der Waals surface area contributed by atoms with E-state index < -0.39 is 5.97 Å². The molecule has 1 amide bonds. The van der Waals surface area contributed by atoms with Crippen LogP contribution < -0.4 is 5.56 Å². The molecule has 0 aliphatic heterocycles. The Kier molecular flexibility index (Phi) is 7.22. The fraction of sp³-hybridized carbons (Fsp3) is 0.391. The van der Waals surface area contributed by atoms with Crippen molar-refractivity contribution in [3.8, 4) is 0 Å². The Morgan fingerprint density at radius 1 is 1.16 bits per heavy atom. The van der Waals surface area contributed by atoms with Gasteiger partial charge in [-0.1, -0.05) is 31.2 Å². The second kappa shape index (κ2) is 9.87. The van der Waals surface area contributed by atoms with Gasteiger partial charge in [-0.3, -0.25) is 19.0 Å². The number of rotatable bonds is 8. The van der Waals surface area contributed by atoms with Crippen molar-refractivity contribution >= 4 is 33.4 Å². The molecule has 2 aromatic heterocycles. The molecular weight excluding hydrogens is 414 g/mol. The predicted octanol–water partition coefficient (Wildman–Crippen LogP) is 3.23. The molecule has 0 saturated carbocycles. The topological polar surface area (TPSA) is 81.5 Å². The summed E-state index contributed by atoms with van der Waals surface area (Å²) in [5.74, 6) is -0.809. The van der Waals surface area contributed by atoms with E-state index in [2.05, 4.69) is 11.9 Å². The summed E-state index contributed by atoms with van der Waals surface area (Å²) in [4.78, 5) is 44.6. The second-order valence-electron chi connectivity index (χ2n) is 7.54. The molecule has 2 heterocycles. The van der Waals surface area contributed by atoms with Gasteiger partial charge in [-0.25, -0.2) is 4.98 Å². The van der Waals surface area contributed by atoms with Gasteiger partial charge in [0.15, 0.2) is 6.61 Å². The Morgan fingerprint density at radius 3 is 2.52 bits per heavy atom. The molecule has 0 aliphatic rings. The highest BCUT2D eigenvalue weighted by molar-refractivity contribution is 7.18. The first-order chi connectivity index (χ1) is 14.8. The van der Waals surface area contributed by atoms with E-state index in [1.165, 1.54) is 32.7 Å². The molecule has 31 heavy (non-hydrogen) atoms. The van der Waals surface area contributed by atoms with Crippen molar-refractivity contribution in [2.24, 2.45) is 0 Å². The van der Waals surface area contributed by atoms with Gasteiger partial charge in [0.25, 0.3) is 11.5 Å². The summed E-state index contributed by atoms with van der Waals surface area (Å²) in [5.41, 5.74) is 3.02. The third-order valence-electron chi connectivity index (χ3n) is 5.35. The first kappa shape index (κ1) is 22.7. The fourth-order valence-corrected chi connectivity index (χ4v) is 4.20. The highest BCUT2D eigenvalue weighted by Gasteiger charge is 2.15. The van der Waals surface area contributed by atoms with Crippen LogP contribution in [0.15, 0.2) is 35.4 Å². The number of thiophene rings is 1. The van der Waals surface area contributed by atoms with E-state index in [1.54, 1.807) is 7.05 Å². The maximum absolute atomic E-state index is 12.7. The molecule has 0 fully saturated rings. The second-order valence-corrected chi connectivity index (χ2v) is 8.74. The number of aromatic nitrogens is 2. The minimum atomic E-state index is -0.528. The third kappa shape index (κ3) is 5.38. The zero-order chi connectivity index (χ0) is 22.5. The van der Waals surface area contributed by atoms with Crippen LogP contribution in [0.2, 0.25) is 0 Å². The van der Waals surface area contributed by atoms with Crippen molar-refractivity contribution in [2.75, 3.05) is 13.7 Å². The monoisotopic (exact) mass is 441 g/mol. The zero-order valence-electron chi connectivity index (χ0n) is 18.3. The number of fused-ring (bicyclic) bond motifs is 1. The first-order valence-corrected chi connectivity index (χ1v) is 11.0. The van der Waals surface area contributed by atoms with Crippen LogP contribution in [0.25, 0.3) is 10.2 Å². The van der Waals surface area contributed by atoms with Gasteiger partial charge in [-0.05, 0) is 37.0 Å². The normalized spacial score (nSPS) is 11.0. The molecule has 3 aromatic rings. The summed E-state index contributed by atoms with van der Waals surface area (Å²) in [6.45, 7) is 6.22. The molecule has 8 heteroatoms. The Labute approximate surface area is 185 Å². The number of nitrogens with zero attached hydrogens (tertiary/aromatic N) is 3. The van der Waals surface area contributed by atoms with Gasteiger partial charge in [0.2, 0.25) is 0 Å². The number of ether oxygens (including phenoxy) is 1. The van der Waals surface area contributed by atoms with Gasteiger partial charge in [-0.15, -0.1) is 11.3 Å². The minimum absolute atomic E-state index is 0.00919. The lowest BCUT2D eigenvalue weighted by atomic mass is 10.1. The van der Waals surface area contributed by atoms with E-state index in [1.807, 2.05) is 38.1 Å². The fourth-order valence-electron chi connectivity index (χ4n) is 3.21. The Balaban J connectivity index is 1.50.